The van der Waals surface area contributed by atoms with E-state index in [1.54, 1.807) is 17.8 Å². The largest absolute Gasteiger partial charge is 0.573 e. The number of hydrogen-bond donors (Lipinski definition) is 2. The van der Waals surface area contributed by atoms with Crippen molar-refractivity contribution in [2.75, 3.05) is 10.6 Å². The van der Waals surface area contributed by atoms with Crippen molar-refractivity contribution in [2.45, 2.75) is 12.9 Å². The van der Waals surface area contributed by atoms with Gasteiger partial charge in [0.2, 0.25) is 0 Å². The number of hydrogen-bond acceptors (Lipinski definition) is 6. The number of alkyl halides is 3. The molecule has 2 heterocycles. The topological polar surface area (TPSA) is 76.1 Å². The summed E-state index contributed by atoms with van der Waals surface area (Å²) in [6.45, 7) is 0.491. The summed E-state index contributed by atoms with van der Waals surface area (Å²) >= 11 is 1.12. The number of nitrogens with zero attached hydrogens (tertiary/aromatic N) is 2. The minimum Gasteiger partial charge on any atom is -0.406 e. The Labute approximate surface area is 156 Å². The van der Waals surface area contributed by atoms with Crippen LogP contribution in [-0.2, 0) is 6.54 Å². The first-order valence-corrected chi connectivity index (χ1v) is 8.49. The van der Waals surface area contributed by atoms with E-state index in [2.05, 4.69) is 24.7 Å². The summed E-state index contributed by atoms with van der Waals surface area (Å²) in [6.07, 6.45) is -1.42. The Morgan fingerprint density at radius 3 is 2.48 bits per heavy atom. The molecule has 0 atom stereocenters. The van der Waals surface area contributed by atoms with Crippen LogP contribution in [0.2, 0.25) is 0 Å². The first kappa shape index (κ1) is 18.6. The van der Waals surface area contributed by atoms with Crippen LogP contribution in [0.5, 0.6) is 5.75 Å². The average molecular weight is 394 g/mol. The minimum atomic E-state index is -4.76. The zero-order valence-electron chi connectivity index (χ0n) is 13.7. The predicted octanol–water partition coefficient (Wildman–Crippen LogP) is 4.30. The van der Waals surface area contributed by atoms with Gasteiger partial charge in [-0.15, -0.1) is 13.2 Å². The minimum absolute atomic E-state index is 0.199. The Morgan fingerprint density at radius 2 is 1.81 bits per heavy atom. The van der Waals surface area contributed by atoms with E-state index in [9.17, 15) is 18.0 Å². The molecule has 0 saturated heterocycles. The zero-order valence-corrected chi connectivity index (χ0v) is 14.5. The van der Waals surface area contributed by atoms with Gasteiger partial charge in [0.25, 0.3) is 5.91 Å². The van der Waals surface area contributed by atoms with E-state index in [0.29, 0.717) is 17.9 Å². The molecule has 0 radical (unpaired) electrons. The number of rotatable bonds is 6. The molecule has 140 valence electrons. The highest BCUT2D eigenvalue weighted by Crippen LogP contribution is 2.25. The van der Waals surface area contributed by atoms with Crippen molar-refractivity contribution in [2.24, 2.45) is 0 Å². The van der Waals surface area contributed by atoms with Gasteiger partial charge in [-0.3, -0.25) is 9.78 Å². The van der Waals surface area contributed by atoms with Crippen molar-refractivity contribution in [1.82, 2.24) is 9.36 Å². The zero-order chi connectivity index (χ0) is 19.3. The highest BCUT2D eigenvalue weighted by Gasteiger charge is 2.31. The molecule has 0 aliphatic carbocycles. The van der Waals surface area contributed by atoms with Crippen LogP contribution in [-0.4, -0.2) is 21.6 Å². The van der Waals surface area contributed by atoms with Crippen molar-refractivity contribution in [1.29, 1.82) is 0 Å². The molecule has 0 spiro atoms. The van der Waals surface area contributed by atoms with Crippen LogP contribution in [0, 0.1) is 0 Å². The molecule has 0 aliphatic rings. The highest BCUT2D eigenvalue weighted by molar-refractivity contribution is 7.04. The summed E-state index contributed by atoms with van der Waals surface area (Å²) in [5.41, 5.74) is 2.07. The van der Waals surface area contributed by atoms with Gasteiger partial charge in [-0.2, -0.15) is 4.37 Å². The highest BCUT2D eigenvalue weighted by atomic mass is 32.1. The second-order valence-electron chi connectivity index (χ2n) is 5.31. The second kappa shape index (κ2) is 8.04. The van der Waals surface area contributed by atoms with Crippen LogP contribution in [0.4, 0.5) is 24.5 Å². The molecule has 3 rings (SSSR count). The molecule has 10 heteroatoms. The lowest BCUT2D eigenvalue weighted by Gasteiger charge is -2.10. The van der Waals surface area contributed by atoms with E-state index in [4.69, 9.17) is 0 Å². The van der Waals surface area contributed by atoms with Crippen LogP contribution in [0.15, 0.2) is 54.2 Å². The van der Waals surface area contributed by atoms with Gasteiger partial charge < -0.3 is 15.4 Å². The number of carbonyl (C=O) groups is 1. The van der Waals surface area contributed by atoms with Gasteiger partial charge in [-0.05, 0) is 53.5 Å². The van der Waals surface area contributed by atoms with Crippen LogP contribution in [0.1, 0.15) is 16.1 Å². The van der Waals surface area contributed by atoms with E-state index in [1.807, 2.05) is 12.1 Å². The fourth-order valence-corrected chi connectivity index (χ4v) is 2.79. The fraction of sp³-hybridized carbons (Fsp3) is 0.118. The number of anilines is 2. The Morgan fingerprint density at radius 1 is 1.11 bits per heavy atom. The molecule has 2 aromatic heterocycles. The number of pyridine rings is 1. The maximum Gasteiger partial charge on any atom is 0.573 e. The van der Waals surface area contributed by atoms with Gasteiger partial charge in [0.05, 0.1) is 5.69 Å². The maximum atomic E-state index is 12.4. The van der Waals surface area contributed by atoms with Gasteiger partial charge in [0.15, 0.2) is 5.69 Å². The van der Waals surface area contributed by atoms with Crippen molar-refractivity contribution < 1.29 is 22.7 Å². The van der Waals surface area contributed by atoms with E-state index >= 15 is 0 Å². The SMILES string of the molecule is O=C(Nc1ccc(OC(F)(F)F)cc1)c1nscc1NCc1ccncc1. The van der Waals surface area contributed by atoms with Gasteiger partial charge >= 0.3 is 6.36 Å². The van der Waals surface area contributed by atoms with Crippen LogP contribution >= 0.6 is 11.5 Å². The monoisotopic (exact) mass is 394 g/mol. The van der Waals surface area contributed by atoms with Crippen molar-refractivity contribution in [3.8, 4) is 5.75 Å². The van der Waals surface area contributed by atoms with Crippen molar-refractivity contribution in [3.63, 3.8) is 0 Å². The number of carbonyl (C=O) groups excluding carboxylic acids is 1. The van der Waals surface area contributed by atoms with Crippen LogP contribution < -0.4 is 15.4 Å². The number of ether oxygens (including phenoxy) is 1. The quantitative estimate of drug-likeness (QED) is 0.652. The molecular weight excluding hydrogens is 381 g/mol. The molecule has 0 unspecified atom stereocenters. The molecule has 0 aliphatic heterocycles. The summed E-state index contributed by atoms with van der Waals surface area (Å²) in [4.78, 5) is 16.3. The predicted molar refractivity (Wildman–Crippen MR) is 94.8 cm³/mol. The molecule has 3 aromatic rings. The lowest BCUT2D eigenvalue weighted by Crippen LogP contribution is -2.17. The summed E-state index contributed by atoms with van der Waals surface area (Å²) in [6, 6.07) is 8.55. The third kappa shape index (κ3) is 5.42. The van der Waals surface area contributed by atoms with Gasteiger partial charge in [-0.25, -0.2) is 0 Å². The first-order chi connectivity index (χ1) is 12.9. The lowest BCUT2D eigenvalue weighted by molar-refractivity contribution is -0.274. The van der Waals surface area contributed by atoms with E-state index in [1.165, 1.54) is 12.1 Å². The number of halogens is 3. The van der Waals surface area contributed by atoms with Crippen molar-refractivity contribution in [3.05, 3.63) is 65.4 Å². The first-order valence-electron chi connectivity index (χ1n) is 7.65. The Bertz CT molecular complexity index is 899. The summed E-state index contributed by atoms with van der Waals surface area (Å²) in [5, 5.41) is 7.42. The van der Waals surface area contributed by atoms with E-state index in [-0.39, 0.29) is 11.4 Å². The number of nitrogens with one attached hydrogen (secondary N) is 2. The second-order valence-corrected chi connectivity index (χ2v) is 5.94. The number of aromatic nitrogens is 2. The number of amides is 1. The molecule has 0 bridgehead atoms. The molecule has 0 saturated carbocycles. The Balaban J connectivity index is 1.62. The third-order valence-electron chi connectivity index (χ3n) is 3.36. The summed E-state index contributed by atoms with van der Waals surface area (Å²) < 4.78 is 44.4. The lowest BCUT2D eigenvalue weighted by atomic mass is 10.2. The standard InChI is InChI=1S/C17H13F3N4O2S/c18-17(19,20)26-13-3-1-12(2-4-13)23-16(25)15-14(10-27-24-15)22-9-11-5-7-21-8-6-11/h1-8,10,22H,9H2,(H,23,25). The maximum absolute atomic E-state index is 12.4. The number of benzene rings is 1. The van der Waals surface area contributed by atoms with E-state index in [0.717, 1.165) is 29.2 Å². The summed E-state index contributed by atoms with van der Waals surface area (Å²) in [5.74, 6) is -0.841. The summed E-state index contributed by atoms with van der Waals surface area (Å²) in [7, 11) is 0. The molecule has 6 nitrogen and oxygen atoms in total. The van der Waals surface area contributed by atoms with E-state index < -0.39 is 12.3 Å². The molecule has 0 fully saturated rings. The average Bonchev–Trinajstić information content (AvgIpc) is 3.10. The third-order valence-corrected chi connectivity index (χ3v) is 3.99. The van der Waals surface area contributed by atoms with Crippen molar-refractivity contribution >= 4 is 28.8 Å². The molecule has 27 heavy (non-hydrogen) atoms. The van der Waals surface area contributed by atoms with Crippen LogP contribution in [0.25, 0.3) is 0 Å². The smallest absolute Gasteiger partial charge is 0.406 e. The Hall–Kier alpha value is -3.14. The van der Waals surface area contributed by atoms with Gasteiger partial charge in [0.1, 0.15) is 5.75 Å². The molecular formula is C17H13F3N4O2S. The van der Waals surface area contributed by atoms with Crippen LogP contribution in [0.3, 0.4) is 0 Å². The van der Waals surface area contributed by atoms with Gasteiger partial charge in [0, 0.05) is 30.0 Å². The fourth-order valence-electron chi connectivity index (χ4n) is 2.15. The van der Waals surface area contributed by atoms with Gasteiger partial charge in [-0.1, -0.05) is 0 Å². The normalized spacial score (nSPS) is 11.1. The molecule has 1 amide bonds. The molecule has 1 aromatic carbocycles. The Kier molecular flexibility index (Phi) is 5.55. The molecule has 2 N–H and O–H groups in total.